The quantitative estimate of drug-likeness (QED) is 0.231. The molecule has 3 heterocycles. The summed E-state index contributed by atoms with van der Waals surface area (Å²) >= 11 is 0. The van der Waals surface area contributed by atoms with Crippen molar-refractivity contribution < 1.29 is 0 Å². The predicted octanol–water partition coefficient (Wildman–Crippen LogP) is -9.90. The van der Waals surface area contributed by atoms with Crippen molar-refractivity contribution in [2.45, 2.75) is 0 Å². The topological polar surface area (TPSA) is 103 Å². The molecule has 3 rings (SSSR count). The van der Waals surface area contributed by atoms with Crippen molar-refractivity contribution >= 4 is 67.1 Å². The van der Waals surface area contributed by atoms with Crippen LogP contribution in [0.5, 0.6) is 0 Å². The van der Waals surface area contributed by atoms with Gasteiger partial charge in [0.05, 0.1) is 0 Å². The van der Waals surface area contributed by atoms with Gasteiger partial charge in [-0.2, -0.15) is 0 Å². The molecular weight excluding hydrogens is 237 g/mol. The Balaban J connectivity index is 1.68. The Bertz CT molecular complexity index is 215. The Hall–Kier alpha value is 0.184. The predicted molar refractivity (Wildman–Crippen MR) is 90.3 cm³/mol. The van der Waals surface area contributed by atoms with Crippen molar-refractivity contribution in [2.24, 2.45) is 0 Å². The Morgan fingerprint density at radius 2 is 1.11 bits per heavy atom. The molecule has 0 aromatic carbocycles. The molecule has 0 saturated carbocycles. The number of nitrogens with zero attached hydrogens (tertiary/aromatic N) is 2. The summed E-state index contributed by atoms with van der Waals surface area (Å²) < 4.78 is 0. The van der Waals surface area contributed by atoms with E-state index in [4.69, 9.17) is 0 Å². The second kappa shape index (κ2) is 7.27. The molecule has 0 unspecified atom stereocenters. The Morgan fingerprint density at radius 3 is 1.58 bits per heavy atom. The maximum absolute atomic E-state index is 3.42. The van der Waals surface area contributed by atoms with Gasteiger partial charge in [-0.15, -0.1) is 0 Å². The first-order valence-electron chi connectivity index (χ1n) is 6.75. The summed E-state index contributed by atoms with van der Waals surface area (Å²) in [6.07, 6.45) is 0. The highest BCUT2D eigenvalue weighted by atomic mass is 15.6. The van der Waals surface area contributed by atoms with Crippen LogP contribution >= 0.6 is 0 Å². The molecule has 3 aliphatic heterocycles. The second-order valence-electron chi connectivity index (χ2n) is 4.71. The summed E-state index contributed by atoms with van der Waals surface area (Å²) in [6, 6.07) is 0. The van der Waals surface area contributed by atoms with Gasteiger partial charge in [0.1, 0.15) is 0 Å². The van der Waals surface area contributed by atoms with E-state index < -0.39 is 0 Å². The van der Waals surface area contributed by atoms with Gasteiger partial charge in [-0.05, 0) is 0 Å². The van der Waals surface area contributed by atoms with Crippen LogP contribution in [-0.2, 0) is 0 Å². The van der Waals surface area contributed by atoms with Gasteiger partial charge in [0.15, 0.2) is 0 Å². The molecule has 0 radical (unpaired) electrons. The van der Waals surface area contributed by atoms with E-state index in [0.717, 1.165) is 52.8 Å². The van der Waals surface area contributed by atoms with Crippen LogP contribution in [0, 0.1) is 0 Å². The molecule has 19 heteroatoms. The molecule has 3 aliphatic rings. The van der Waals surface area contributed by atoms with Crippen LogP contribution < -0.4 is 41.1 Å². The van der Waals surface area contributed by atoms with Crippen molar-refractivity contribution in [3.63, 3.8) is 0 Å². The minimum absolute atomic E-state index is 0.0889. The van der Waals surface area contributed by atoms with Crippen LogP contribution in [0.4, 0.5) is 0 Å². The van der Waals surface area contributed by atoms with Crippen molar-refractivity contribution in [1.29, 1.82) is 0 Å². The maximum Gasteiger partial charge on any atom is 0.379 e. The molecule has 0 spiro atoms. The van der Waals surface area contributed by atoms with E-state index in [1.54, 1.807) is 0 Å². The zero-order chi connectivity index (χ0) is 12.9. The fourth-order valence-electron chi connectivity index (χ4n) is 2.47. The highest BCUT2D eigenvalue weighted by molar-refractivity contribution is 6.84. The maximum atomic E-state index is 3.42. The average Bonchev–Trinajstić information content (AvgIpc) is 2.51. The lowest BCUT2D eigenvalue weighted by Gasteiger charge is -2.46. The normalized spacial score (nSPS) is 24.1. The number of hydrogen-bond acceptors (Lipinski definition) is 10. The van der Waals surface area contributed by atoms with E-state index in [1.165, 1.54) is 0 Å². The van der Waals surface area contributed by atoms with Crippen LogP contribution in [0.3, 0.4) is 0 Å². The minimum Gasteiger partial charge on any atom is -0.377 e. The summed E-state index contributed by atoms with van der Waals surface area (Å²) in [7, 11) is 5.88. The van der Waals surface area contributed by atoms with E-state index in [0.29, 0.717) is 0 Å². The first kappa shape index (κ1) is 14.1. The van der Waals surface area contributed by atoms with Crippen LogP contribution in [0.15, 0.2) is 0 Å². The lowest BCUT2D eigenvalue weighted by atomic mass is 9.63. The van der Waals surface area contributed by atoms with Gasteiger partial charge in [0.2, 0.25) is 0 Å². The molecule has 0 aromatic rings. The highest BCUT2D eigenvalue weighted by Gasteiger charge is 2.40. The van der Waals surface area contributed by atoms with Crippen LogP contribution in [0.1, 0.15) is 0 Å². The monoisotopic (exact) mass is 254 g/mol. The van der Waals surface area contributed by atoms with Gasteiger partial charge in [-0.3, -0.25) is 4.83 Å². The van der Waals surface area contributed by atoms with E-state index in [-0.39, 0.29) is 14.2 Å². The lowest BCUT2D eigenvalue weighted by molar-refractivity contribution is 0.381. The Kier molecular flexibility index (Phi) is 5.41. The number of nitrogens with one attached hydrogen (secondary N) is 8. The van der Waals surface area contributed by atoms with E-state index >= 15 is 0 Å². The molecule has 3 fully saturated rings. The molecule has 0 aliphatic carbocycles. The molecule has 19 heavy (non-hydrogen) atoms. The molecule has 10 nitrogen and oxygen atoms in total. The van der Waals surface area contributed by atoms with Gasteiger partial charge in [0, 0.05) is 0 Å². The SMILES string of the molecule is B1NBN(N(B2NBNBN2)B2NBNBN2)BN1. The molecule has 0 amide bonds. The van der Waals surface area contributed by atoms with Gasteiger partial charge in [-0.25, -0.2) is 0 Å². The summed E-state index contributed by atoms with van der Waals surface area (Å²) in [4.78, 5) is 4.51. The van der Waals surface area contributed by atoms with Gasteiger partial charge in [-0.1, -0.05) is 0 Å². The summed E-state index contributed by atoms with van der Waals surface area (Å²) in [5.41, 5.74) is 0. The number of rotatable bonds is 3. The fraction of sp³-hybridized carbons (Fsp3) is 0. The van der Waals surface area contributed by atoms with E-state index in [1.807, 2.05) is 0 Å². The molecule has 8 N–H and O–H groups in total. The molecule has 0 bridgehead atoms. The third kappa shape index (κ3) is 3.64. The standard InChI is InChI=1S/B9H15N10/c1-12-6-18(7-13-1)19(8-14-2-10-3-15-8)9-16-4-11-5-17-9/h1-7,10-17H. The van der Waals surface area contributed by atoms with Crippen molar-refractivity contribution in [3.8, 4) is 0 Å². The first-order valence-corrected chi connectivity index (χ1v) is 6.75. The Morgan fingerprint density at radius 1 is 0.632 bits per heavy atom. The molecule has 0 atom stereocenters. The van der Waals surface area contributed by atoms with Crippen molar-refractivity contribution in [3.05, 3.63) is 0 Å². The lowest BCUT2D eigenvalue weighted by Crippen LogP contribution is -2.84. The largest absolute Gasteiger partial charge is 0.379 e. The molecular formula is H15B9N10. The minimum atomic E-state index is 0.0889. The van der Waals surface area contributed by atoms with E-state index in [9.17, 15) is 0 Å². The third-order valence-electron chi connectivity index (χ3n) is 3.38. The van der Waals surface area contributed by atoms with Gasteiger partial charge >= 0.3 is 14.2 Å². The number of hydrazine groups is 1. The summed E-state index contributed by atoms with van der Waals surface area (Å²) in [5.74, 6) is 0. The zero-order valence-electron chi connectivity index (χ0n) is 11.0. The van der Waals surface area contributed by atoms with Gasteiger partial charge < -0.3 is 45.9 Å². The van der Waals surface area contributed by atoms with Crippen LogP contribution in [0.25, 0.3) is 0 Å². The summed E-state index contributed by atoms with van der Waals surface area (Å²) in [5, 5.41) is 26.8. The van der Waals surface area contributed by atoms with Crippen molar-refractivity contribution in [2.75, 3.05) is 0 Å². The first-order chi connectivity index (χ1) is 9.45. The number of hydrogen-bond donors (Lipinski definition) is 8. The van der Waals surface area contributed by atoms with Crippen LogP contribution in [-0.4, -0.2) is 76.7 Å². The Labute approximate surface area is 118 Å². The van der Waals surface area contributed by atoms with Crippen LogP contribution in [0.2, 0.25) is 0 Å². The van der Waals surface area contributed by atoms with Gasteiger partial charge in [0.25, 0.3) is 52.8 Å². The third-order valence-corrected chi connectivity index (χ3v) is 3.38. The van der Waals surface area contributed by atoms with E-state index in [2.05, 4.69) is 50.8 Å². The van der Waals surface area contributed by atoms with Crippen molar-refractivity contribution in [1.82, 2.24) is 50.8 Å². The average molecular weight is 252 g/mol. The molecule has 0 aromatic heterocycles. The second-order valence-corrected chi connectivity index (χ2v) is 4.71. The highest BCUT2D eigenvalue weighted by Crippen LogP contribution is 1.98. The fourth-order valence-corrected chi connectivity index (χ4v) is 2.47. The molecule has 92 valence electrons. The molecule has 3 saturated heterocycles. The zero-order valence-corrected chi connectivity index (χ0v) is 11.0. The smallest absolute Gasteiger partial charge is 0.377 e. The summed E-state index contributed by atoms with van der Waals surface area (Å²) in [6.45, 7) is 0.